The Labute approximate surface area is 169 Å². The summed E-state index contributed by atoms with van der Waals surface area (Å²) >= 11 is 0. The summed E-state index contributed by atoms with van der Waals surface area (Å²) in [5, 5.41) is 13.7. The van der Waals surface area contributed by atoms with Crippen molar-refractivity contribution in [3.8, 4) is 5.88 Å². The van der Waals surface area contributed by atoms with E-state index in [2.05, 4.69) is 10.1 Å². The van der Waals surface area contributed by atoms with Crippen molar-refractivity contribution in [3.63, 3.8) is 0 Å². The van der Waals surface area contributed by atoms with Crippen molar-refractivity contribution in [2.75, 3.05) is 13.1 Å². The third-order valence-corrected chi connectivity index (χ3v) is 5.78. The van der Waals surface area contributed by atoms with E-state index >= 15 is 0 Å². The van der Waals surface area contributed by atoms with Crippen molar-refractivity contribution >= 4 is 11.9 Å². The summed E-state index contributed by atoms with van der Waals surface area (Å²) in [6, 6.07) is 3.85. The molecule has 1 aliphatic heterocycles. The highest BCUT2D eigenvalue weighted by Gasteiger charge is 2.28. The van der Waals surface area contributed by atoms with E-state index in [1.165, 1.54) is 0 Å². The number of ether oxygens (including phenoxy) is 1. The van der Waals surface area contributed by atoms with Crippen LogP contribution in [0.15, 0.2) is 18.3 Å². The summed E-state index contributed by atoms with van der Waals surface area (Å²) in [6.07, 6.45) is 6.74. The minimum absolute atomic E-state index is 0.0229. The van der Waals surface area contributed by atoms with Crippen LogP contribution in [0, 0.1) is 6.92 Å². The van der Waals surface area contributed by atoms with E-state index in [1.807, 2.05) is 24.0 Å². The van der Waals surface area contributed by atoms with Gasteiger partial charge in [-0.1, -0.05) is 6.07 Å². The number of carbonyl (C=O) groups is 2. The van der Waals surface area contributed by atoms with Crippen molar-refractivity contribution in [2.24, 2.45) is 0 Å². The highest BCUT2D eigenvalue weighted by molar-refractivity contribution is 5.87. The molecule has 1 fully saturated rings. The van der Waals surface area contributed by atoms with Gasteiger partial charge < -0.3 is 14.7 Å². The second kappa shape index (κ2) is 8.23. The Morgan fingerprint density at radius 2 is 2.00 bits per heavy atom. The van der Waals surface area contributed by atoms with Crippen molar-refractivity contribution in [1.82, 2.24) is 19.7 Å². The van der Waals surface area contributed by atoms with Crippen LogP contribution < -0.4 is 4.74 Å². The lowest BCUT2D eigenvalue weighted by Crippen LogP contribution is -2.43. The molecule has 0 unspecified atom stereocenters. The number of fused-ring (bicyclic) bond motifs is 1. The molecule has 1 saturated heterocycles. The van der Waals surface area contributed by atoms with Gasteiger partial charge in [-0.15, -0.1) is 0 Å². The summed E-state index contributed by atoms with van der Waals surface area (Å²) in [6.45, 7) is 3.30. The highest BCUT2D eigenvalue weighted by Crippen LogP contribution is 2.25. The summed E-state index contributed by atoms with van der Waals surface area (Å²) in [5.41, 5.74) is 2.81. The Bertz CT molecular complexity index is 915. The highest BCUT2D eigenvalue weighted by atomic mass is 16.5. The first-order chi connectivity index (χ1) is 14.0. The van der Waals surface area contributed by atoms with Gasteiger partial charge in [0.25, 0.3) is 0 Å². The zero-order chi connectivity index (χ0) is 20.4. The largest absolute Gasteiger partial charge is 0.476 e. The van der Waals surface area contributed by atoms with Gasteiger partial charge in [0.05, 0.1) is 0 Å². The van der Waals surface area contributed by atoms with Gasteiger partial charge in [0.15, 0.2) is 5.69 Å². The zero-order valence-corrected chi connectivity index (χ0v) is 16.6. The van der Waals surface area contributed by atoms with Crippen LogP contribution in [0.5, 0.6) is 5.88 Å². The quantitative estimate of drug-likeness (QED) is 0.830. The van der Waals surface area contributed by atoms with Crippen LogP contribution >= 0.6 is 0 Å². The van der Waals surface area contributed by atoms with E-state index in [0.29, 0.717) is 19.0 Å². The molecule has 29 heavy (non-hydrogen) atoms. The maximum Gasteiger partial charge on any atom is 0.356 e. The first-order valence-electron chi connectivity index (χ1n) is 10.2. The molecule has 154 valence electrons. The molecule has 1 amide bonds. The van der Waals surface area contributed by atoms with Gasteiger partial charge in [0.1, 0.15) is 12.6 Å². The second-order valence-electron chi connectivity index (χ2n) is 7.77. The molecule has 0 saturated carbocycles. The SMILES string of the molecule is Cc1cccnc1OC1CCN(C(=O)Cn2nc(C(=O)O)c3c2CCCC3)CC1. The molecule has 0 atom stereocenters. The number of pyridine rings is 1. The van der Waals surface area contributed by atoms with Crippen LogP contribution in [0.4, 0.5) is 0 Å². The Morgan fingerprint density at radius 1 is 1.24 bits per heavy atom. The number of hydrogen-bond acceptors (Lipinski definition) is 5. The summed E-state index contributed by atoms with van der Waals surface area (Å²) < 4.78 is 7.62. The molecule has 2 aliphatic rings. The van der Waals surface area contributed by atoms with Crippen LogP contribution in [-0.2, 0) is 24.2 Å². The van der Waals surface area contributed by atoms with Crippen molar-refractivity contribution in [1.29, 1.82) is 0 Å². The molecule has 0 bridgehead atoms. The second-order valence-corrected chi connectivity index (χ2v) is 7.77. The van der Waals surface area contributed by atoms with E-state index in [1.54, 1.807) is 10.9 Å². The molecule has 0 spiro atoms. The van der Waals surface area contributed by atoms with E-state index in [-0.39, 0.29) is 24.2 Å². The molecule has 0 radical (unpaired) electrons. The van der Waals surface area contributed by atoms with Crippen LogP contribution in [0.1, 0.15) is 53.0 Å². The Balaban J connectivity index is 1.37. The minimum atomic E-state index is -1.02. The number of carboxylic acids is 1. The van der Waals surface area contributed by atoms with E-state index in [9.17, 15) is 14.7 Å². The topological polar surface area (TPSA) is 97.5 Å². The lowest BCUT2D eigenvalue weighted by atomic mass is 9.95. The van der Waals surface area contributed by atoms with E-state index in [4.69, 9.17) is 4.74 Å². The molecule has 2 aromatic heterocycles. The number of nitrogens with zero attached hydrogens (tertiary/aromatic N) is 4. The maximum absolute atomic E-state index is 12.8. The third-order valence-electron chi connectivity index (χ3n) is 5.78. The molecule has 8 heteroatoms. The average Bonchev–Trinajstić information content (AvgIpc) is 3.09. The number of likely N-dealkylation sites (tertiary alicyclic amines) is 1. The number of carbonyl (C=O) groups excluding carboxylic acids is 1. The molecule has 8 nitrogen and oxygen atoms in total. The maximum atomic E-state index is 12.8. The standard InChI is InChI=1S/C21H26N4O4/c1-14-5-4-10-22-20(14)29-15-8-11-24(12-9-15)18(26)13-25-17-7-3-2-6-16(17)19(23-25)21(27)28/h4-5,10,15H,2-3,6-9,11-13H2,1H3,(H,27,28). The number of hydrogen-bond donors (Lipinski definition) is 1. The monoisotopic (exact) mass is 398 g/mol. The lowest BCUT2D eigenvalue weighted by Gasteiger charge is -2.32. The van der Waals surface area contributed by atoms with E-state index in [0.717, 1.165) is 55.3 Å². The smallest absolute Gasteiger partial charge is 0.356 e. The number of piperidine rings is 1. The molecular formula is C21H26N4O4. The Hall–Kier alpha value is -2.90. The number of carboxylic acid groups (broad SMARTS) is 1. The predicted octanol–water partition coefficient (Wildman–Crippen LogP) is 2.23. The number of aromatic carboxylic acids is 1. The Morgan fingerprint density at radius 3 is 2.72 bits per heavy atom. The first kappa shape index (κ1) is 19.4. The van der Waals surface area contributed by atoms with Gasteiger partial charge in [0.2, 0.25) is 11.8 Å². The fourth-order valence-electron chi connectivity index (χ4n) is 4.18. The van der Waals surface area contributed by atoms with Gasteiger partial charge in [0, 0.05) is 48.9 Å². The molecule has 3 heterocycles. The number of aromatic nitrogens is 3. The van der Waals surface area contributed by atoms with Gasteiger partial charge in [-0.3, -0.25) is 9.48 Å². The van der Waals surface area contributed by atoms with Gasteiger partial charge in [-0.2, -0.15) is 5.10 Å². The fraction of sp³-hybridized carbons (Fsp3) is 0.524. The van der Waals surface area contributed by atoms with Crippen molar-refractivity contribution < 1.29 is 19.4 Å². The third kappa shape index (κ3) is 4.11. The van der Waals surface area contributed by atoms with Gasteiger partial charge in [-0.25, -0.2) is 9.78 Å². The zero-order valence-electron chi connectivity index (χ0n) is 16.6. The molecule has 1 N–H and O–H groups in total. The summed E-state index contributed by atoms with van der Waals surface area (Å²) in [7, 11) is 0. The van der Waals surface area contributed by atoms with Crippen LogP contribution in [0.3, 0.4) is 0 Å². The minimum Gasteiger partial charge on any atom is -0.476 e. The van der Waals surface area contributed by atoms with E-state index < -0.39 is 5.97 Å². The van der Waals surface area contributed by atoms with Crippen molar-refractivity contribution in [2.45, 2.75) is 58.1 Å². The summed E-state index contributed by atoms with van der Waals surface area (Å²) in [4.78, 5) is 30.4. The summed E-state index contributed by atoms with van der Waals surface area (Å²) in [5.74, 6) is -0.385. The Kier molecular flexibility index (Phi) is 5.51. The number of amides is 1. The average molecular weight is 398 g/mol. The predicted molar refractivity (Wildman–Crippen MR) is 105 cm³/mol. The first-order valence-corrected chi connectivity index (χ1v) is 10.2. The lowest BCUT2D eigenvalue weighted by molar-refractivity contribution is -0.133. The molecule has 0 aromatic carbocycles. The van der Waals surface area contributed by atoms with Crippen molar-refractivity contribution in [3.05, 3.63) is 40.8 Å². The molecular weight excluding hydrogens is 372 g/mol. The van der Waals surface area contributed by atoms with Gasteiger partial charge in [-0.05, 0) is 38.7 Å². The molecule has 2 aromatic rings. The molecule has 4 rings (SSSR count). The number of rotatable bonds is 5. The number of aryl methyl sites for hydroxylation is 1. The van der Waals surface area contributed by atoms with Crippen LogP contribution in [0.25, 0.3) is 0 Å². The normalized spacial score (nSPS) is 17.1. The molecule has 1 aliphatic carbocycles. The van der Waals surface area contributed by atoms with Gasteiger partial charge >= 0.3 is 5.97 Å². The fourth-order valence-corrected chi connectivity index (χ4v) is 4.18. The van der Waals surface area contributed by atoms with Crippen LogP contribution in [0.2, 0.25) is 0 Å². The van der Waals surface area contributed by atoms with Crippen LogP contribution in [-0.4, -0.2) is 55.8 Å².